The summed E-state index contributed by atoms with van der Waals surface area (Å²) in [6.45, 7) is 1.73. The minimum absolute atomic E-state index is 0.0101. The molecule has 0 radical (unpaired) electrons. The Labute approximate surface area is 237 Å². The van der Waals surface area contributed by atoms with Gasteiger partial charge in [-0.15, -0.1) is 0 Å². The summed E-state index contributed by atoms with van der Waals surface area (Å²) < 4.78 is 118. The van der Waals surface area contributed by atoms with Gasteiger partial charge in [0.2, 0.25) is 11.5 Å². The maximum absolute atomic E-state index is 13.7. The lowest BCUT2D eigenvalue weighted by Crippen LogP contribution is -2.45. The molecule has 42 heavy (non-hydrogen) atoms. The molecule has 16 heteroatoms. The highest BCUT2D eigenvalue weighted by molar-refractivity contribution is 7.92. The van der Waals surface area contributed by atoms with Crippen molar-refractivity contribution in [3.63, 3.8) is 0 Å². The molecule has 0 saturated carbocycles. The van der Waals surface area contributed by atoms with Gasteiger partial charge in [-0.2, -0.15) is 26.3 Å². The number of hydrogen-bond acceptors (Lipinski definition) is 6. The van der Waals surface area contributed by atoms with Gasteiger partial charge < -0.3 is 14.4 Å². The average molecular weight is 624 g/mol. The molecule has 0 aliphatic carbocycles. The molecular formula is C26H27F6N3O6S. The zero-order valence-electron chi connectivity index (χ0n) is 22.4. The predicted molar refractivity (Wildman–Crippen MR) is 138 cm³/mol. The normalized spacial score (nSPS) is 18.0. The molecule has 2 aliphatic heterocycles. The number of fused-ring (bicyclic) bond motifs is 1. The van der Waals surface area contributed by atoms with Crippen molar-refractivity contribution in [1.29, 1.82) is 0 Å². The first-order valence-corrected chi connectivity index (χ1v) is 14.2. The topological polar surface area (TPSA) is 105 Å². The van der Waals surface area contributed by atoms with Crippen molar-refractivity contribution >= 4 is 33.4 Å². The van der Waals surface area contributed by atoms with Crippen LogP contribution in [0.4, 0.5) is 42.5 Å². The van der Waals surface area contributed by atoms with Gasteiger partial charge in [0, 0.05) is 31.6 Å². The van der Waals surface area contributed by atoms with Crippen molar-refractivity contribution in [3.05, 3.63) is 48.0 Å². The Morgan fingerprint density at radius 3 is 2.43 bits per heavy atom. The van der Waals surface area contributed by atoms with E-state index in [1.807, 2.05) is 0 Å². The first-order valence-electron chi connectivity index (χ1n) is 12.7. The van der Waals surface area contributed by atoms with Crippen molar-refractivity contribution in [2.75, 3.05) is 29.3 Å². The van der Waals surface area contributed by atoms with Crippen LogP contribution in [0.15, 0.2) is 47.4 Å². The Morgan fingerprint density at radius 2 is 1.81 bits per heavy atom. The van der Waals surface area contributed by atoms with E-state index in [0.717, 1.165) is 28.6 Å². The fourth-order valence-electron chi connectivity index (χ4n) is 4.40. The fourth-order valence-corrected chi connectivity index (χ4v) is 5.95. The Kier molecular flexibility index (Phi) is 8.32. The summed E-state index contributed by atoms with van der Waals surface area (Å²) in [5, 5.41) is 2.11. The minimum Gasteiger partial charge on any atom is -0.486 e. The van der Waals surface area contributed by atoms with Crippen molar-refractivity contribution in [1.82, 2.24) is 4.90 Å². The molecule has 1 fully saturated rings. The lowest BCUT2D eigenvalue weighted by atomic mass is 10.1. The summed E-state index contributed by atoms with van der Waals surface area (Å²) in [6.07, 6.45) is -10.7. The molecule has 2 amide bonds. The number of likely N-dealkylation sites (tertiary alicyclic amines) is 1. The number of nitrogens with zero attached hydrogens (tertiary/aromatic N) is 2. The van der Waals surface area contributed by atoms with Crippen molar-refractivity contribution < 1.29 is 53.8 Å². The van der Waals surface area contributed by atoms with Gasteiger partial charge in [0.1, 0.15) is 11.9 Å². The highest BCUT2D eigenvalue weighted by Crippen LogP contribution is 2.41. The van der Waals surface area contributed by atoms with Crippen LogP contribution in [-0.4, -0.2) is 62.8 Å². The Bertz CT molecular complexity index is 1460. The number of carbonyl (C=O) groups is 2. The van der Waals surface area contributed by atoms with Gasteiger partial charge in [0.05, 0.1) is 22.7 Å². The van der Waals surface area contributed by atoms with E-state index in [1.54, 1.807) is 4.90 Å². The molecule has 1 atom stereocenters. The summed E-state index contributed by atoms with van der Waals surface area (Å²) in [7, 11) is -4.65. The number of benzene rings is 2. The van der Waals surface area contributed by atoms with Crippen molar-refractivity contribution in [3.8, 4) is 5.75 Å². The molecule has 0 unspecified atom stereocenters. The molecule has 2 heterocycles. The van der Waals surface area contributed by atoms with Crippen LogP contribution in [0.25, 0.3) is 0 Å². The molecular weight excluding hydrogens is 596 g/mol. The molecule has 2 aromatic carbocycles. The first kappa shape index (κ1) is 31.3. The summed E-state index contributed by atoms with van der Waals surface area (Å²) >= 11 is 0. The van der Waals surface area contributed by atoms with Gasteiger partial charge in [0.25, 0.3) is 10.0 Å². The quantitative estimate of drug-likeness (QED) is 0.405. The zero-order chi connectivity index (χ0) is 31.1. The SMILES string of the molecule is CC(C)(OC(=O)Nc1ccc2c(c1)N(S(=O)(=O)c1cccc(C(F)(F)F)c1)C[C@H](CCN1CCCC1=O)O2)C(F)(F)F. The lowest BCUT2D eigenvalue weighted by Gasteiger charge is -2.36. The van der Waals surface area contributed by atoms with Gasteiger partial charge in [-0.1, -0.05) is 6.07 Å². The van der Waals surface area contributed by atoms with E-state index in [-0.39, 0.29) is 42.5 Å². The van der Waals surface area contributed by atoms with E-state index in [2.05, 4.69) is 10.1 Å². The van der Waals surface area contributed by atoms with Gasteiger partial charge in [-0.25, -0.2) is 13.2 Å². The van der Waals surface area contributed by atoms with Crippen LogP contribution in [0, 0.1) is 0 Å². The molecule has 230 valence electrons. The van der Waals surface area contributed by atoms with Crippen LogP contribution in [0.2, 0.25) is 0 Å². The molecule has 0 aromatic heterocycles. The molecule has 1 saturated heterocycles. The largest absolute Gasteiger partial charge is 0.486 e. The minimum atomic E-state index is -4.88. The number of sulfonamides is 1. The third-order valence-electron chi connectivity index (χ3n) is 6.81. The van der Waals surface area contributed by atoms with Crippen LogP contribution in [0.5, 0.6) is 5.75 Å². The second-order valence-electron chi connectivity index (χ2n) is 10.3. The lowest BCUT2D eigenvalue weighted by molar-refractivity contribution is -0.242. The van der Waals surface area contributed by atoms with Gasteiger partial charge >= 0.3 is 18.4 Å². The number of hydrogen-bond donors (Lipinski definition) is 1. The van der Waals surface area contributed by atoms with Gasteiger partial charge in [-0.05, 0) is 56.7 Å². The number of anilines is 2. The standard InChI is InChI=1S/C26H27F6N3O6S/c1-24(2,26(30,31)32)41-23(37)33-17-8-9-21-20(14-17)35(15-18(40-21)10-12-34-11-4-7-22(34)36)42(38,39)19-6-3-5-16(13-19)25(27,28)29/h3,5-6,8-9,13-14,18H,4,7,10-12,15H2,1-2H3,(H,33,37)/t18-/m0/s1. The van der Waals surface area contributed by atoms with E-state index in [0.29, 0.717) is 39.3 Å². The highest BCUT2D eigenvalue weighted by atomic mass is 32.2. The summed E-state index contributed by atoms with van der Waals surface area (Å²) in [4.78, 5) is 25.2. The third-order valence-corrected chi connectivity index (χ3v) is 8.59. The monoisotopic (exact) mass is 623 g/mol. The summed E-state index contributed by atoms with van der Waals surface area (Å²) in [6, 6.07) is 6.76. The molecule has 4 rings (SSSR count). The number of amides is 2. The maximum atomic E-state index is 13.7. The molecule has 0 spiro atoms. The molecule has 9 nitrogen and oxygen atoms in total. The van der Waals surface area contributed by atoms with E-state index in [4.69, 9.17) is 4.74 Å². The Hall–Kier alpha value is -3.69. The maximum Gasteiger partial charge on any atom is 0.427 e. The molecule has 2 aromatic rings. The Balaban J connectivity index is 1.66. The second-order valence-corrected chi connectivity index (χ2v) is 12.1. The number of nitrogens with one attached hydrogen (secondary N) is 1. The van der Waals surface area contributed by atoms with Crippen molar-refractivity contribution in [2.24, 2.45) is 0 Å². The number of ether oxygens (including phenoxy) is 2. The molecule has 1 N–H and O–H groups in total. The van der Waals surface area contributed by atoms with E-state index in [1.165, 1.54) is 12.1 Å². The number of rotatable bonds is 7. The van der Waals surface area contributed by atoms with Crippen LogP contribution < -0.4 is 14.4 Å². The van der Waals surface area contributed by atoms with Crippen LogP contribution in [0.1, 0.15) is 38.7 Å². The predicted octanol–water partition coefficient (Wildman–Crippen LogP) is 5.56. The van der Waals surface area contributed by atoms with Gasteiger partial charge in [-0.3, -0.25) is 14.4 Å². The fraction of sp³-hybridized carbons (Fsp3) is 0.462. The van der Waals surface area contributed by atoms with Crippen LogP contribution in [0.3, 0.4) is 0 Å². The summed E-state index contributed by atoms with van der Waals surface area (Å²) in [5.74, 6) is -0.0694. The van der Waals surface area contributed by atoms with Crippen LogP contribution in [-0.2, 0) is 25.7 Å². The smallest absolute Gasteiger partial charge is 0.427 e. The van der Waals surface area contributed by atoms with E-state index < -0.39 is 50.6 Å². The number of halogens is 6. The zero-order valence-corrected chi connectivity index (χ0v) is 23.2. The number of alkyl halides is 6. The third kappa shape index (κ3) is 6.68. The highest BCUT2D eigenvalue weighted by Gasteiger charge is 2.51. The first-order chi connectivity index (χ1) is 19.4. The van der Waals surface area contributed by atoms with E-state index in [9.17, 15) is 44.3 Å². The van der Waals surface area contributed by atoms with Crippen molar-refractivity contribution in [2.45, 2.75) is 62.1 Å². The second kappa shape index (κ2) is 11.2. The Morgan fingerprint density at radius 1 is 1.10 bits per heavy atom. The molecule has 0 bridgehead atoms. The van der Waals surface area contributed by atoms with Gasteiger partial charge in [0.15, 0.2) is 0 Å². The van der Waals surface area contributed by atoms with E-state index >= 15 is 0 Å². The average Bonchev–Trinajstić information content (AvgIpc) is 3.30. The van der Waals surface area contributed by atoms with Crippen LogP contribution >= 0.6 is 0 Å². The molecule has 2 aliphatic rings. The number of carbonyl (C=O) groups excluding carboxylic acids is 2. The summed E-state index contributed by atoms with van der Waals surface area (Å²) in [5.41, 5.74) is -4.36.